The molecule has 82 valence electrons. The third-order valence-electron chi connectivity index (χ3n) is 3.06. The molecule has 0 saturated carbocycles. The molecule has 3 nitrogen and oxygen atoms in total. The van der Waals surface area contributed by atoms with Crippen molar-refractivity contribution in [1.29, 1.82) is 0 Å². The summed E-state index contributed by atoms with van der Waals surface area (Å²) >= 11 is 1.69. The van der Waals surface area contributed by atoms with Crippen LogP contribution in [0.4, 0.5) is 0 Å². The molecule has 0 radical (unpaired) electrons. The summed E-state index contributed by atoms with van der Waals surface area (Å²) in [5.74, 6) is -0.108. The van der Waals surface area contributed by atoms with Crippen molar-refractivity contribution < 1.29 is 9.53 Å². The van der Waals surface area contributed by atoms with Crippen LogP contribution in [0.25, 0.3) is 0 Å². The third kappa shape index (κ3) is 1.92. The van der Waals surface area contributed by atoms with E-state index in [1.165, 1.54) is 12.7 Å². The smallest absolute Gasteiger partial charge is 0.323 e. The van der Waals surface area contributed by atoms with Gasteiger partial charge in [0.25, 0.3) is 0 Å². The number of hydrogen-bond donors (Lipinski definition) is 0. The maximum atomic E-state index is 11.4. The highest BCUT2D eigenvalue weighted by Crippen LogP contribution is 2.31. The minimum atomic E-state index is -0.108. The Kier molecular flexibility index (Phi) is 3.07. The van der Waals surface area contributed by atoms with E-state index in [4.69, 9.17) is 4.74 Å². The van der Waals surface area contributed by atoms with Crippen LogP contribution in [-0.2, 0) is 9.53 Å². The number of hydrogen-bond acceptors (Lipinski definition) is 4. The fourth-order valence-corrected chi connectivity index (χ4v) is 2.71. The molecule has 0 aliphatic carbocycles. The summed E-state index contributed by atoms with van der Waals surface area (Å²) in [6, 6.07) is 2.39. The van der Waals surface area contributed by atoms with Crippen LogP contribution >= 0.6 is 11.3 Å². The van der Waals surface area contributed by atoms with Gasteiger partial charge in [0.1, 0.15) is 6.04 Å². The van der Waals surface area contributed by atoms with Crippen molar-refractivity contribution in [1.82, 2.24) is 4.90 Å². The highest BCUT2D eigenvalue weighted by Gasteiger charge is 2.38. The van der Waals surface area contributed by atoms with Gasteiger partial charge in [0.15, 0.2) is 0 Å². The first-order valence-electron chi connectivity index (χ1n) is 5.09. The Hall–Kier alpha value is -0.870. The second kappa shape index (κ2) is 4.33. The number of likely N-dealkylation sites (tertiary alicyclic amines) is 1. The van der Waals surface area contributed by atoms with Crippen LogP contribution in [0, 0.1) is 0 Å². The molecule has 1 saturated heterocycles. The molecule has 2 unspecified atom stereocenters. The van der Waals surface area contributed by atoms with Gasteiger partial charge in [-0.3, -0.25) is 9.69 Å². The number of methoxy groups -OCH3 is 1. The van der Waals surface area contributed by atoms with E-state index < -0.39 is 0 Å². The lowest BCUT2D eigenvalue weighted by Crippen LogP contribution is -2.53. The molecule has 2 rings (SSSR count). The minimum Gasteiger partial charge on any atom is -0.468 e. The Morgan fingerprint density at radius 3 is 3.00 bits per heavy atom. The Bertz CT molecular complexity index is 336. The molecule has 0 amide bonds. The van der Waals surface area contributed by atoms with E-state index >= 15 is 0 Å². The molecule has 2 atom stereocenters. The Labute approximate surface area is 93.7 Å². The summed E-state index contributed by atoms with van der Waals surface area (Å²) in [5, 5.41) is 4.20. The average molecular weight is 225 g/mol. The Morgan fingerprint density at radius 2 is 2.53 bits per heavy atom. The van der Waals surface area contributed by atoms with Gasteiger partial charge >= 0.3 is 5.97 Å². The van der Waals surface area contributed by atoms with Gasteiger partial charge in [-0.15, -0.1) is 0 Å². The van der Waals surface area contributed by atoms with E-state index in [2.05, 4.69) is 28.7 Å². The Morgan fingerprint density at radius 1 is 1.73 bits per heavy atom. The van der Waals surface area contributed by atoms with Crippen molar-refractivity contribution in [2.45, 2.75) is 25.4 Å². The zero-order valence-electron chi connectivity index (χ0n) is 8.97. The standard InChI is InChI=1S/C11H15NO2S/c1-8(9-4-6-15-7-9)12-5-3-10(12)11(13)14-2/h4,6-8,10H,3,5H2,1-2H3. The number of esters is 1. The predicted octanol–water partition coefficient (Wildman–Crippen LogP) is 2.06. The summed E-state index contributed by atoms with van der Waals surface area (Å²) in [7, 11) is 1.45. The van der Waals surface area contributed by atoms with Crippen LogP contribution < -0.4 is 0 Å². The first kappa shape index (κ1) is 10.6. The largest absolute Gasteiger partial charge is 0.468 e. The van der Waals surface area contributed by atoms with Gasteiger partial charge in [0, 0.05) is 12.6 Å². The average Bonchev–Trinajstić information content (AvgIpc) is 2.68. The molecule has 0 aromatic carbocycles. The first-order chi connectivity index (χ1) is 7.24. The molecule has 1 fully saturated rings. The van der Waals surface area contributed by atoms with Crippen LogP contribution in [0.1, 0.15) is 24.9 Å². The molecule has 4 heteroatoms. The van der Waals surface area contributed by atoms with Crippen molar-refractivity contribution in [3.8, 4) is 0 Å². The number of ether oxygens (including phenoxy) is 1. The van der Waals surface area contributed by atoms with Gasteiger partial charge in [-0.1, -0.05) is 0 Å². The van der Waals surface area contributed by atoms with E-state index in [0.717, 1.165) is 13.0 Å². The number of carbonyl (C=O) groups excluding carboxylic acids is 1. The molecule has 1 aliphatic rings. The number of nitrogens with zero attached hydrogens (tertiary/aromatic N) is 1. The molecule has 0 spiro atoms. The van der Waals surface area contributed by atoms with E-state index in [1.54, 1.807) is 11.3 Å². The lowest BCUT2D eigenvalue weighted by Gasteiger charge is -2.42. The molecule has 1 aromatic heterocycles. The zero-order chi connectivity index (χ0) is 10.8. The number of rotatable bonds is 3. The van der Waals surface area contributed by atoms with Gasteiger partial charge in [-0.2, -0.15) is 11.3 Å². The summed E-state index contributed by atoms with van der Waals surface area (Å²) in [6.07, 6.45) is 0.918. The van der Waals surface area contributed by atoms with Crippen LogP contribution in [0.3, 0.4) is 0 Å². The molecule has 0 bridgehead atoms. The monoisotopic (exact) mass is 225 g/mol. The number of carbonyl (C=O) groups is 1. The fraction of sp³-hybridized carbons (Fsp3) is 0.545. The van der Waals surface area contributed by atoms with Crippen molar-refractivity contribution in [2.75, 3.05) is 13.7 Å². The summed E-state index contributed by atoms with van der Waals surface area (Å²) in [5.41, 5.74) is 1.29. The first-order valence-corrected chi connectivity index (χ1v) is 6.04. The van der Waals surface area contributed by atoms with Crippen LogP contribution in [0.2, 0.25) is 0 Å². The zero-order valence-corrected chi connectivity index (χ0v) is 9.79. The molecule has 1 aromatic rings. The van der Waals surface area contributed by atoms with Crippen LogP contribution in [0.5, 0.6) is 0 Å². The van der Waals surface area contributed by atoms with Crippen LogP contribution in [-0.4, -0.2) is 30.6 Å². The lowest BCUT2D eigenvalue weighted by molar-refractivity contribution is -0.153. The SMILES string of the molecule is COC(=O)C1CCN1C(C)c1ccsc1. The van der Waals surface area contributed by atoms with Crippen molar-refractivity contribution in [3.05, 3.63) is 22.4 Å². The summed E-state index contributed by atoms with van der Waals surface area (Å²) < 4.78 is 4.77. The van der Waals surface area contributed by atoms with E-state index in [9.17, 15) is 4.79 Å². The molecular formula is C11H15NO2S. The van der Waals surface area contributed by atoms with Gasteiger partial charge in [0.2, 0.25) is 0 Å². The summed E-state index contributed by atoms with van der Waals surface area (Å²) in [4.78, 5) is 13.6. The van der Waals surface area contributed by atoms with Crippen molar-refractivity contribution in [2.24, 2.45) is 0 Å². The summed E-state index contributed by atoms with van der Waals surface area (Å²) in [6.45, 7) is 3.12. The predicted molar refractivity (Wildman–Crippen MR) is 59.9 cm³/mol. The van der Waals surface area contributed by atoms with Crippen LogP contribution in [0.15, 0.2) is 16.8 Å². The maximum Gasteiger partial charge on any atom is 0.323 e. The third-order valence-corrected chi connectivity index (χ3v) is 3.76. The topological polar surface area (TPSA) is 29.5 Å². The second-order valence-corrected chi connectivity index (χ2v) is 4.58. The van der Waals surface area contributed by atoms with E-state index in [-0.39, 0.29) is 12.0 Å². The van der Waals surface area contributed by atoms with E-state index in [1.807, 2.05) is 0 Å². The van der Waals surface area contributed by atoms with Crippen molar-refractivity contribution >= 4 is 17.3 Å². The van der Waals surface area contributed by atoms with Gasteiger partial charge in [-0.05, 0) is 35.7 Å². The van der Waals surface area contributed by atoms with Gasteiger partial charge < -0.3 is 4.74 Å². The quantitative estimate of drug-likeness (QED) is 0.737. The molecule has 15 heavy (non-hydrogen) atoms. The van der Waals surface area contributed by atoms with Gasteiger partial charge in [0.05, 0.1) is 7.11 Å². The Balaban J connectivity index is 2.03. The van der Waals surface area contributed by atoms with E-state index in [0.29, 0.717) is 6.04 Å². The second-order valence-electron chi connectivity index (χ2n) is 3.80. The van der Waals surface area contributed by atoms with Gasteiger partial charge in [-0.25, -0.2) is 0 Å². The fourth-order valence-electron chi connectivity index (χ4n) is 1.96. The highest BCUT2D eigenvalue weighted by molar-refractivity contribution is 7.07. The minimum absolute atomic E-state index is 0.0371. The number of thiophene rings is 1. The van der Waals surface area contributed by atoms with Crippen molar-refractivity contribution in [3.63, 3.8) is 0 Å². The molecule has 2 heterocycles. The normalized spacial score (nSPS) is 23.2. The highest BCUT2D eigenvalue weighted by atomic mass is 32.1. The molecule has 0 N–H and O–H groups in total. The maximum absolute atomic E-state index is 11.4. The molecular weight excluding hydrogens is 210 g/mol. The lowest BCUT2D eigenvalue weighted by atomic mass is 9.98. The molecule has 1 aliphatic heterocycles.